The molecule has 18 heavy (non-hydrogen) atoms. The summed E-state index contributed by atoms with van der Waals surface area (Å²) in [7, 11) is 0. The van der Waals surface area contributed by atoms with Crippen LogP contribution in [-0.4, -0.2) is 4.98 Å². The molecule has 2 rings (SSSR count). The summed E-state index contributed by atoms with van der Waals surface area (Å²) in [5.41, 5.74) is 0.483. The topological polar surface area (TPSA) is 72.5 Å². The van der Waals surface area contributed by atoms with Crippen LogP contribution in [0.15, 0.2) is 36.4 Å². The zero-order chi connectivity index (χ0) is 13.0. The summed E-state index contributed by atoms with van der Waals surface area (Å²) < 4.78 is 13.4. The molecule has 0 saturated carbocycles. The van der Waals surface area contributed by atoms with Crippen LogP contribution in [0.5, 0.6) is 0 Å². The lowest BCUT2D eigenvalue weighted by molar-refractivity contribution is 0.624. The summed E-state index contributed by atoms with van der Waals surface area (Å²) in [6, 6.07) is 12.8. The Balaban J connectivity index is 2.38. The van der Waals surface area contributed by atoms with Crippen LogP contribution >= 0.6 is 0 Å². The highest BCUT2D eigenvalue weighted by Crippen LogP contribution is 2.21. The SMILES string of the molecule is N#Cc1cccc(Nc2cccc(F)c2C#N)n1. The monoisotopic (exact) mass is 238 g/mol. The summed E-state index contributed by atoms with van der Waals surface area (Å²) in [5, 5.41) is 20.4. The van der Waals surface area contributed by atoms with E-state index >= 15 is 0 Å². The summed E-state index contributed by atoms with van der Waals surface area (Å²) >= 11 is 0. The molecule has 0 spiro atoms. The van der Waals surface area contributed by atoms with Crippen molar-refractivity contribution in [2.24, 2.45) is 0 Å². The summed E-state index contributed by atoms with van der Waals surface area (Å²) in [4.78, 5) is 3.99. The minimum Gasteiger partial charge on any atom is -0.339 e. The molecule has 1 aromatic carbocycles. The van der Waals surface area contributed by atoms with Gasteiger partial charge in [-0.3, -0.25) is 0 Å². The van der Waals surface area contributed by atoms with Crippen LogP contribution in [0.25, 0.3) is 0 Å². The number of rotatable bonds is 2. The molecule has 86 valence electrons. The van der Waals surface area contributed by atoms with Gasteiger partial charge in [0.25, 0.3) is 0 Å². The van der Waals surface area contributed by atoms with E-state index in [-0.39, 0.29) is 11.3 Å². The van der Waals surface area contributed by atoms with E-state index in [0.717, 1.165) is 0 Å². The standard InChI is InChI=1S/C13H7FN4/c14-11-4-2-5-12(10(11)8-16)18-13-6-1-3-9(7-15)17-13/h1-6H,(H,17,18). The first-order chi connectivity index (χ1) is 8.74. The minimum absolute atomic E-state index is 0.0818. The number of aromatic nitrogens is 1. The first kappa shape index (κ1) is 11.6. The Morgan fingerprint density at radius 3 is 2.56 bits per heavy atom. The number of nitriles is 2. The van der Waals surface area contributed by atoms with E-state index in [2.05, 4.69) is 10.3 Å². The van der Waals surface area contributed by atoms with Gasteiger partial charge in [-0.05, 0) is 24.3 Å². The van der Waals surface area contributed by atoms with E-state index in [9.17, 15) is 4.39 Å². The van der Waals surface area contributed by atoms with Crippen molar-refractivity contribution in [1.82, 2.24) is 4.98 Å². The summed E-state index contributed by atoms with van der Waals surface area (Å²) in [6.45, 7) is 0. The van der Waals surface area contributed by atoms with Crippen molar-refractivity contribution in [1.29, 1.82) is 10.5 Å². The molecule has 0 amide bonds. The average molecular weight is 238 g/mol. The lowest BCUT2D eigenvalue weighted by Gasteiger charge is -2.07. The van der Waals surface area contributed by atoms with Crippen LogP contribution in [0, 0.1) is 28.5 Å². The van der Waals surface area contributed by atoms with Gasteiger partial charge in [0, 0.05) is 0 Å². The molecule has 2 aromatic rings. The number of halogens is 1. The molecule has 0 unspecified atom stereocenters. The first-order valence-corrected chi connectivity index (χ1v) is 5.07. The van der Waals surface area contributed by atoms with Crippen molar-refractivity contribution < 1.29 is 4.39 Å². The maximum Gasteiger partial charge on any atom is 0.143 e. The van der Waals surface area contributed by atoms with Crippen molar-refractivity contribution in [2.75, 3.05) is 5.32 Å². The fraction of sp³-hybridized carbons (Fsp3) is 0. The third-order valence-electron chi connectivity index (χ3n) is 2.25. The van der Waals surface area contributed by atoms with Gasteiger partial charge in [-0.2, -0.15) is 10.5 Å². The third kappa shape index (κ3) is 2.26. The zero-order valence-electron chi connectivity index (χ0n) is 9.18. The van der Waals surface area contributed by atoms with Gasteiger partial charge in [0.1, 0.15) is 35.0 Å². The predicted octanol–water partition coefficient (Wildman–Crippen LogP) is 2.71. The van der Waals surface area contributed by atoms with Crippen molar-refractivity contribution in [2.45, 2.75) is 0 Å². The zero-order valence-corrected chi connectivity index (χ0v) is 9.18. The second-order valence-electron chi connectivity index (χ2n) is 3.42. The molecule has 0 bridgehead atoms. The van der Waals surface area contributed by atoms with E-state index in [0.29, 0.717) is 11.5 Å². The van der Waals surface area contributed by atoms with Crippen LogP contribution in [0.2, 0.25) is 0 Å². The van der Waals surface area contributed by atoms with Gasteiger partial charge in [0.05, 0.1) is 5.69 Å². The largest absolute Gasteiger partial charge is 0.339 e. The van der Waals surface area contributed by atoms with E-state index < -0.39 is 5.82 Å². The highest BCUT2D eigenvalue weighted by Gasteiger charge is 2.08. The van der Waals surface area contributed by atoms with Gasteiger partial charge >= 0.3 is 0 Å². The fourth-order valence-electron chi connectivity index (χ4n) is 1.45. The average Bonchev–Trinajstić information content (AvgIpc) is 2.39. The molecule has 0 atom stereocenters. The Kier molecular flexibility index (Phi) is 3.17. The third-order valence-corrected chi connectivity index (χ3v) is 2.25. The molecule has 0 aliphatic rings. The molecule has 1 N–H and O–H groups in total. The van der Waals surface area contributed by atoms with E-state index in [1.807, 2.05) is 6.07 Å². The normalized spacial score (nSPS) is 9.28. The van der Waals surface area contributed by atoms with Gasteiger partial charge in [-0.1, -0.05) is 12.1 Å². The minimum atomic E-state index is -0.598. The molecule has 0 radical (unpaired) electrons. The van der Waals surface area contributed by atoms with Crippen LogP contribution in [0.1, 0.15) is 11.3 Å². The lowest BCUT2D eigenvalue weighted by atomic mass is 10.2. The quantitative estimate of drug-likeness (QED) is 0.872. The van der Waals surface area contributed by atoms with Gasteiger partial charge < -0.3 is 5.32 Å². The van der Waals surface area contributed by atoms with Gasteiger partial charge in [-0.25, -0.2) is 9.37 Å². The summed E-state index contributed by atoms with van der Waals surface area (Å²) in [6.07, 6.45) is 0. The van der Waals surface area contributed by atoms with Crippen LogP contribution < -0.4 is 5.32 Å². The van der Waals surface area contributed by atoms with E-state index in [1.165, 1.54) is 12.1 Å². The maximum atomic E-state index is 13.4. The van der Waals surface area contributed by atoms with E-state index in [4.69, 9.17) is 10.5 Å². The second-order valence-corrected chi connectivity index (χ2v) is 3.42. The highest BCUT2D eigenvalue weighted by molar-refractivity contribution is 5.64. The lowest BCUT2D eigenvalue weighted by Crippen LogP contribution is -1.98. The van der Waals surface area contributed by atoms with Crippen molar-refractivity contribution in [3.8, 4) is 12.1 Å². The van der Waals surface area contributed by atoms with Crippen molar-refractivity contribution in [3.05, 3.63) is 53.5 Å². The maximum absolute atomic E-state index is 13.4. The molecule has 1 heterocycles. The first-order valence-electron chi connectivity index (χ1n) is 5.07. The number of anilines is 2. The Labute approximate surface area is 103 Å². The second kappa shape index (κ2) is 4.94. The van der Waals surface area contributed by atoms with Crippen molar-refractivity contribution >= 4 is 11.5 Å². The molecule has 0 aliphatic heterocycles. The molecular weight excluding hydrogens is 231 g/mol. The molecule has 5 heteroatoms. The Bertz CT molecular complexity index is 667. The number of benzene rings is 1. The molecule has 0 saturated heterocycles. The molecule has 0 fully saturated rings. The molecular formula is C13H7FN4. The molecule has 1 aromatic heterocycles. The predicted molar refractivity (Wildman–Crippen MR) is 63.3 cm³/mol. The smallest absolute Gasteiger partial charge is 0.143 e. The summed E-state index contributed by atoms with van der Waals surface area (Å²) in [5.74, 6) is -0.213. The molecule has 4 nitrogen and oxygen atoms in total. The number of hydrogen-bond acceptors (Lipinski definition) is 4. The Hall–Kier alpha value is -2.92. The van der Waals surface area contributed by atoms with Gasteiger partial charge in [-0.15, -0.1) is 0 Å². The number of pyridine rings is 1. The number of nitrogens with one attached hydrogen (secondary N) is 1. The van der Waals surface area contributed by atoms with Crippen LogP contribution in [0.4, 0.5) is 15.9 Å². The van der Waals surface area contributed by atoms with Gasteiger partial charge in [0.2, 0.25) is 0 Å². The Morgan fingerprint density at radius 2 is 1.83 bits per heavy atom. The van der Waals surface area contributed by atoms with E-state index in [1.54, 1.807) is 30.3 Å². The van der Waals surface area contributed by atoms with Crippen LogP contribution in [-0.2, 0) is 0 Å². The number of hydrogen-bond donors (Lipinski definition) is 1. The van der Waals surface area contributed by atoms with Crippen LogP contribution in [0.3, 0.4) is 0 Å². The molecule has 0 aliphatic carbocycles. The fourth-order valence-corrected chi connectivity index (χ4v) is 1.45. The van der Waals surface area contributed by atoms with Gasteiger partial charge in [0.15, 0.2) is 0 Å². The van der Waals surface area contributed by atoms with Crippen molar-refractivity contribution in [3.63, 3.8) is 0 Å². The highest BCUT2D eigenvalue weighted by atomic mass is 19.1. The Morgan fingerprint density at radius 1 is 1.06 bits per heavy atom. The number of nitrogens with zero attached hydrogens (tertiary/aromatic N) is 3.